The van der Waals surface area contributed by atoms with Gasteiger partial charge in [-0.15, -0.1) is 0 Å². The molecule has 1 aromatic carbocycles. The number of aliphatic hydroxyl groups is 1. The zero-order valence-corrected chi connectivity index (χ0v) is 12.4. The van der Waals surface area contributed by atoms with Gasteiger partial charge in [-0.1, -0.05) is 0 Å². The molecular formula is C16H22N4O. The van der Waals surface area contributed by atoms with Crippen LogP contribution in [-0.4, -0.2) is 50.0 Å². The largest absolute Gasteiger partial charge is 0.391 e. The van der Waals surface area contributed by atoms with Crippen molar-refractivity contribution < 1.29 is 5.11 Å². The third kappa shape index (κ3) is 2.82. The van der Waals surface area contributed by atoms with E-state index in [0.717, 1.165) is 44.0 Å². The van der Waals surface area contributed by atoms with Gasteiger partial charge in [0.15, 0.2) is 0 Å². The van der Waals surface area contributed by atoms with Gasteiger partial charge in [0, 0.05) is 44.5 Å². The monoisotopic (exact) mass is 286 g/mol. The van der Waals surface area contributed by atoms with E-state index in [0.29, 0.717) is 18.2 Å². The fraction of sp³-hybridized carbons (Fsp3) is 0.562. The highest BCUT2D eigenvalue weighted by Crippen LogP contribution is 2.29. The third-order valence-corrected chi connectivity index (χ3v) is 4.44. The number of aliphatic hydroxyl groups excluding tert-OH is 1. The maximum Gasteiger partial charge on any atom is 0.101 e. The summed E-state index contributed by atoms with van der Waals surface area (Å²) in [5.41, 5.74) is 2.76. The molecule has 2 aliphatic rings. The van der Waals surface area contributed by atoms with Crippen LogP contribution in [0.2, 0.25) is 0 Å². The number of nitrogens with zero attached hydrogens (tertiary/aromatic N) is 3. The number of nitrogens with one attached hydrogen (secondary N) is 1. The lowest BCUT2D eigenvalue weighted by Crippen LogP contribution is -2.49. The summed E-state index contributed by atoms with van der Waals surface area (Å²) < 4.78 is 0. The van der Waals surface area contributed by atoms with Crippen molar-refractivity contribution in [2.45, 2.75) is 25.5 Å². The molecule has 21 heavy (non-hydrogen) atoms. The van der Waals surface area contributed by atoms with Crippen LogP contribution in [0.4, 0.5) is 11.4 Å². The third-order valence-electron chi connectivity index (χ3n) is 4.44. The molecule has 2 fully saturated rings. The predicted molar refractivity (Wildman–Crippen MR) is 83.7 cm³/mol. The number of rotatable bonds is 2. The lowest BCUT2D eigenvalue weighted by atomic mass is 10.1. The van der Waals surface area contributed by atoms with Crippen LogP contribution in [0.1, 0.15) is 18.9 Å². The van der Waals surface area contributed by atoms with Gasteiger partial charge in [0.05, 0.1) is 17.4 Å². The van der Waals surface area contributed by atoms with Gasteiger partial charge in [-0.05, 0) is 31.5 Å². The first kappa shape index (κ1) is 14.2. The number of piperazine rings is 1. The summed E-state index contributed by atoms with van der Waals surface area (Å²) in [6.07, 6.45) is 0.506. The first-order valence-electron chi connectivity index (χ1n) is 7.63. The number of β-amino-alcohol motifs (C(OH)–C–C–N with tert-alkyl or cyclic N) is 1. The highest BCUT2D eigenvalue weighted by molar-refractivity contribution is 5.67. The zero-order chi connectivity index (χ0) is 14.8. The number of hydrogen-bond donors (Lipinski definition) is 2. The van der Waals surface area contributed by atoms with Crippen LogP contribution < -0.4 is 15.1 Å². The number of nitriles is 1. The standard InChI is InChI=1S/C16H22N4O/c1-12-10-18-5-7-20(12)14-2-3-16(13(8-14)9-17)19-6-4-15(21)11-19/h2-3,8,12,15,18,21H,4-7,10-11H2,1H3/t12-,15-/m1/s1. The molecule has 0 aromatic heterocycles. The van der Waals surface area contributed by atoms with Gasteiger partial charge in [-0.25, -0.2) is 0 Å². The van der Waals surface area contributed by atoms with Gasteiger partial charge in [0.1, 0.15) is 6.07 Å². The number of benzene rings is 1. The van der Waals surface area contributed by atoms with Crippen molar-refractivity contribution >= 4 is 11.4 Å². The molecule has 1 aromatic rings. The minimum Gasteiger partial charge on any atom is -0.391 e. The fourth-order valence-electron chi connectivity index (χ4n) is 3.25. The van der Waals surface area contributed by atoms with Gasteiger partial charge in [-0.3, -0.25) is 0 Å². The maximum absolute atomic E-state index is 9.68. The fourth-order valence-corrected chi connectivity index (χ4v) is 3.25. The maximum atomic E-state index is 9.68. The van der Waals surface area contributed by atoms with E-state index in [9.17, 15) is 10.4 Å². The van der Waals surface area contributed by atoms with Gasteiger partial charge in [0.25, 0.3) is 0 Å². The minimum atomic E-state index is -0.274. The van der Waals surface area contributed by atoms with E-state index in [1.165, 1.54) is 0 Å². The molecule has 3 rings (SSSR count). The summed E-state index contributed by atoms with van der Waals surface area (Å²) in [5, 5.41) is 22.5. The molecule has 5 nitrogen and oxygen atoms in total. The summed E-state index contributed by atoms with van der Waals surface area (Å²) in [6.45, 7) is 6.56. The Morgan fingerprint density at radius 2 is 2.24 bits per heavy atom. The molecule has 0 aliphatic carbocycles. The molecule has 5 heteroatoms. The summed E-state index contributed by atoms with van der Waals surface area (Å²) in [4.78, 5) is 4.45. The van der Waals surface area contributed by atoms with E-state index in [-0.39, 0.29) is 6.10 Å². The van der Waals surface area contributed by atoms with Gasteiger partial charge in [0.2, 0.25) is 0 Å². The van der Waals surface area contributed by atoms with E-state index >= 15 is 0 Å². The van der Waals surface area contributed by atoms with Crippen LogP contribution in [0.5, 0.6) is 0 Å². The topological polar surface area (TPSA) is 62.5 Å². The van der Waals surface area contributed by atoms with Crippen LogP contribution in [0.25, 0.3) is 0 Å². The van der Waals surface area contributed by atoms with Crippen molar-refractivity contribution in [1.29, 1.82) is 5.26 Å². The molecule has 112 valence electrons. The zero-order valence-electron chi connectivity index (χ0n) is 12.4. The second kappa shape index (κ2) is 5.92. The molecule has 2 aliphatic heterocycles. The lowest BCUT2D eigenvalue weighted by Gasteiger charge is -2.36. The predicted octanol–water partition coefficient (Wildman–Crippen LogP) is 0.927. The highest BCUT2D eigenvalue weighted by Gasteiger charge is 2.24. The molecular weight excluding hydrogens is 264 g/mol. The quantitative estimate of drug-likeness (QED) is 0.847. The van der Waals surface area contributed by atoms with Crippen LogP contribution in [0.15, 0.2) is 18.2 Å². The molecule has 0 bridgehead atoms. The van der Waals surface area contributed by atoms with Crippen molar-refractivity contribution in [3.63, 3.8) is 0 Å². The Bertz CT molecular complexity index is 554. The van der Waals surface area contributed by atoms with Crippen molar-refractivity contribution in [1.82, 2.24) is 5.32 Å². The average Bonchev–Trinajstić information content (AvgIpc) is 2.93. The van der Waals surface area contributed by atoms with Crippen LogP contribution in [0.3, 0.4) is 0 Å². The lowest BCUT2D eigenvalue weighted by molar-refractivity contribution is 0.198. The first-order chi connectivity index (χ1) is 10.2. The Labute approximate surface area is 125 Å². The molecule has 0 spiro atoms. The Morgan fingerprint density at radius 3 is 2.90 bits per heavy atom. The summed E-state index contributed by atoms with van der Waals surface area (Å²) in [7, 11) is 0. The summed E-state index contributed by atoms with van der Waals surface area (Å²) in [5.74, 6) is 0. The van der Waals surface area contributed by atoms with E-state index in [4.69, 9.17) is 0 Å². The molecule has 0 unspecified atom stereocenters. The van der Waals surface area contributed by atoms with Crippen molar-refractivity contribution in [3.8, 4) is 6.07 Å². The Hall–Kier alpha value is -1.77. The second-order valence-corrected chi connectivity index (χ2v) is 5.95. The number of hydrogen-bond acceptors (Lipinski definition) is 5. The molecule has 0 amide bonds. The number of anilines is 2. The first-order valence-corrected chi connectivity index (χ1v) is 7.63. The highest BCUT2D eigenvalue weighted by atomic mass is 16.3. The molecule has 0 radical (unpaired) electrons. The van der Waals surface area contributed by atoms with Crippen LogP contribution >= 0.6 is 0 Å². The second-order valence-electron chi connectivity index (χ2n) is 5.95. The van der Waals surface area contributed by atoms with Crippen LogP contribution in [0, 0.1) is 11.3 Å². The molecule has 2 atom stereocenters. The van der Waals surface area contributed by atoms with Gasteiger partial charge < -0.3 is 20.2 Å². The van der Waals surface area contributed by atoms with E-state index in [1.807, 2.05) is 12.1 Å². The van der Waals surface area contributed by atoms with Crippen molar-refractivity contribution in [2.75, 3.05) is 42.5 Å². The van der Waals surface area contributed by atoms with Gasteiger partial charge >= 0.3 is 0 Å². The molecule has 2 N–H and O–H groups in total. The average molecular weight is 286 g/mol. The summed E-state index contributed by atoms with van der Waals surface area (Å²) >= 11 is 0. The molecule has 0 saturated carbocycles. The van der Waals surface area contributed by atoms with Gasteiger partial charge in [-0.2, -0.15) is 5.26 Å². The van der Waals surface area contributed by atoms with E-state index in [1.54, 1.807) is 0 Å². The Morgan fingerprint density at radius 1 is 1.38 bits per heavy atom. The van der Waals surface area contributed by atoms with Crippen LogP contribution in [-0.2, 0) is 0 Å². The van der Waals surface area contributed by atoms with E-state index < -0.39 is 0 Å². The molecule has 2 heterocycles. The Kier molecular flexibility index (Phi) is 4.00. The SMILES string of the molecule is C[C@@H]1CNCCN1c1ccc(N2CC[C@@H](O)C2)c(C#N)c1. The molecule has 2 saturated heterocycles. The smallest absolute Gasteiger partial charge is 0.101 e. The van der Waals surface area contributed by atoms with Crippen molar-refractivity contribution in [2.24, 2.45) is 0 Å². The van der Waals surface area contributed by atoms with Crippen molar-refractivity contribution in [3.05, 3.63) is 23.8 Å². The Balaban J connectivity index is 1.87. The van der Waals surface area contributed by atoms with E-state index in [2.05, 4.69) is 34.2 Å². The summed E-state index contributed by atoms with van der Waals surface area (Å²) in [6, 6.07) is 8.87. The normalized spacial score (nSPS) is 26.0. The minimum absolute atomic E-state index is 0.274.